The highest BCUT2D eigenvalue weighted by Crippen LogP contribution is 2.19. The van der Waals surface area contributed by atoms with Gasteiger partial charge < -0.3 is 19.1 Å². The number of hydrogen-bond acceptors (Lipinski definition) is 7. The van der Waals surface area contributed by atoms with Crippen LogP contribution < -0.4 is 0 Å². The van der Waals surface area contributed by atoms with Crippen LogP contribution in [0.1, 0.15) is 204 Å². The molecule has 0 aliphatic rings. The summed E-state index contributed by atoms with van der Waals surface area (Å²) in [5, 5.41) is 0. The summed E-state index contributed by atoms with van der Waals surface area (Å²) in [6.45, 7) is 4.04. The highest BCUT2D eigenvalue weighted by atomic mass is 16.5. The number of benzene rings is 2. The Kier molecular flexibility index (Phi) is 37.9. The molecule has 0 heterocycles. The smallest absolute Gasteiger partial charge is 0.306 e. The van der Waals surface area contributed by atoms with Crippen molar-refractivity contribution in [2.24, 2.45) is 5.92 Å². The van der Waals surface area contributed by atoms with Gasteiger partial charge in [-0.1, -0.05) is 168 Å². The van der Waals surface area contributed by atoms with Crippen molar-refractivity contribution in [2.45, 2.75) is 212 Å². The van der Waals surface area contributed by atoms with E-state index in [9.17, 15) is 14.4 Å². The van der Waals surface area contributed by atoms with Crippen molar-refractivity contribution in [2.75, 3.05) is 20.6 Å². The third-order valence-corrected chi connectivity index (χ3v) is 12.0. The molecule has 7 heteroatoms. The fraction of sp³-hybridized carbons (Fsp3) is 0.617. The average Bonchev–Trinajstić information content (AvgIpc) is 3.32. The van der Waals surface area contributed by atoms with E-state index in [0.29, 0.717) is 38.4 Å². The monoisotopic (exact) mass is 924 g/mol. The van der Waals surface area contributed by atoms with Crippen LogP contribution in [0.4, 0.5) is 0 Å². The van der Waals surface area contributed by atoms with Crippen LogP contribution in [0.3, 0.4) is 0 Å². The second-order valence-corrected chi connectivity index (χ2v) is 18.9. The van der Waals surface area contributed by atoms with Gasteiger partial charge in [0.2, 0.25) is 0 Å². The predicted molar refractivity (Wildman–Crippen MR) is 281 cm³/mol. The molecule has 1 unspecified atom stereocenters. The second-order valence-electron chi connectivity index (χ2n) is 18.9. The number of carbonyl (C=O) groups is 3. The lowest BCUT2D eigenvalue weighted by Crippen LogP contribution is -2.21. The molecule has 0 aliphatic carbocycles. The zero-order valence-electron chi connectivity index (χ0n) is 42.6. The van der Waals surface area contributed by atoms with Crippen LogP contribution in [0, 0.1) is 5.92 Å². The summed E-state index contributed by atoms with van der Waals surface area (Å²) in [6.07, 6.45) is 48.4. The van der Waals surface area contributed by atoms with Gasteiger partial charge in [-0.15, -0.1) is 0 Å². The van der Waals surface area contributed by atoms with E-state index in [2.05, 4.69) is 74.5 Å². The number of unbranched alkanes of at least 4 members (excludes halogenated alkanes) is 16. The normalized spacial score (nSPS) is 12.4. The standard InChI is InChI=1S/C60H93NO6/c1-54(51-61(2)3)41-40-50-60(64)67-57(46-36-26-22-18-14-10-6-4-8-12-16-20-24-28-38-48-58(62)65-52-55-42-32-30-33-43-55)47-37-27-23-19-15-11-7-5-9-13-17-21-25-29-39-49-59(63)66-53-56-44-34-31-35-45-56/h4-5,8-9,16-17,20-21,30-35,42-45,54,57H,6-7,10-15,18-19,22-29,36-41,46-53H2,1-3H3/b8-4-,9-5-,20-16-,21-17-. The number of allylic oxidation sites excluding steroid dienone is 8. The first-order valence-corrected chi connectivity index (χ1v) is 26.6. The lowest BCUT2D eigenvalue weighted by atomic mass is 10.0. The quantitative estimate of drug-likeness (QED) is 0.0284. The largest absolute Gasteiger partial charge is 0.462 e. The van der Waals surface area contributed by atoms with Gasteiger partial charge in [-0.25, -0.2) is 0 Å². The number of nitrogens with zero attached hydrogens (tertiary/aromatic N) is 1. The van der Waals surface area contributed by atoms with E-state index in [1.807, 2.05) is 60.7 Å². The third-order valence-electron chi connectivity index (χ3n) is 12.0. The van der Waals surface area contributed by atoms with Crippen LogP contribution >= 0.6 is 0 Å². The number of rotatable bonds is 43. The van der Waals surface area contributed by atoms with E-state index in [-0.39, 0.29) is 24.0 Å². The minimum Gasteiger partial charge on any atom is -0.462 e. The van der Waals surface area contributed by atoms with Crippen molar-refractivity contribution in [3.05, 3.63) is 120 Å². The zero-order valence-corrected chi connectivity index (χ0v) is 42.6. The molecule has 2 aromatic carbocycles. The first-order valence-electron chi connectivity index (χ1n) is 26.6. The molecule has 7 nitrogen and oxygen atoms in total. The minimum atomic E-state index is -0.114. The van der Waals surface area contributed by atoms with Crippen molar-refractivity contribution in [3.8, 4) is 0 Å². The fourth-order valence-corrected chi connectivity index (χ4v) is 8.20. The average molecular weight is 924 g/mol. The Morgan fingerprint density at radius 2 is 0.821 bits per heavy atom. The molecule has 2 aromatic rings. The van der Waals surface area contributed by atoms with Gasteiger partial charge >= 0.3 is 17.9 Å². The van der Waals surface area contributed by atoms with Gasteiger partial charge in [0.15, 0.2) is 0 Å². The topological polar surface area (TPSA) is 82.1 Å². The lowest BCUT2D eigenvalue weighted by molar-refractivity contribution is -0.150. The van der Waals surface area contributed by atoms with E-state index in [1.54, 1.807) is 0 Å². The third kappa shape index (κ3) is 38.4. The predicted octanol–water partition coefficient (Wildman–Crippen LogP) is 16.1. The Morgan fingerprint density at radius 3 is 1.24 bits per heavy atom. The molecule has 0 fully saturated rings. The van der Waals surface area contributed by atoms with E-state index >= 15 is 0 Å². The van der Waals surface area contributed by atoms with Gasteiger partial charge in [-0.2, -0.15) is 0 Å². The maximum atomic E-state index is 12.9. The van der Waals surface area contributed by atoms with E-state index in [1.165, 1.54) is 64.2 Å². The Labute approximate surface area is 409 Å². The lowest BCUT2D eigenvalue weighted by Gasteiger charge is -2.19. The summed E-state index contributed by atoms with van der Waals surface area (Å²) in [7, 11) is 4.22. The number of carbonyl (C=O) groups excluding carboxylic acids is 3. The Bertz CT molecular complexity index is 1500. The number of ether oxygens (including phenoxy) is 3. The van der Waals surface area contributed by atoms with Crippen molar-refractivity contribution in [3.63, 3.8) is 0 Å². The molecule has 0 radical (unpaired) electrons. The summed E-state index contributed by atoms with van der Waals surface area (Å²) < 4.78 is 16.8. The van der Waals surface area contributed by atoms with E-state index in [4.69, 9.17) is 14.2 Å². The molecular weight excluding hydrogens is 831 g/mol. The van der Waals surface area contributed by atoms with Crippen molar-refractivity contribution in [1.29, 1.82) is 0 Å². The molecule has 0 amide bonds. The molecule has 0 saturated carbocycles. The van der Waals surface area contributed by atoms with Gasteiger partial charge in [0.25, 0.3) is 0 Å². The maximum absolute atomic E-state index is 12.9. The van der Waals surface area contributed by atoms with Gasteiger partial charge in [0.05, 0.1) is 0 Å². The Hall–Kier alpha value is -4.23. The zero-order chi connectivity index (χ0) is 48.1. The number of esters is 3. The summed E-state index contributed by atoms with van der Waals surface area (Å²) >= 11 is 0. The molecule has 1 atom stereocenters. The van der Waals surface area contributed by atoms with Crippen LogP contribution in [-0.4, -0.2) is 49.6 Å². The summed E-state index contributed by atoms with van der Waals surface area (Å²) in [6, 6.07) is 19.6. The molecule has 0 bridgehead atoms. The van der Waals surface area contributed by atoms with Crippen molar-refractivity contribution in [1.82, 2.24) is 4.90 Å². The minimum absolute atomic E-state index is 0.00274. The van der Waals surface area contributed by atoms with Gasteiger partial charge in [0, 0.05) is 25.8 Å². The van der Waals surface area contributed by atoms with Crippen LogP contribution in [0.15, 0.2) is 109 Å². The van der Waals surface area contributed by atoms with E-state index in [0.717, 1.165) is 120 Å². The summed E-state index contributed by atoms with van der Waals surface area (Å²) in [5.74, 6) is 0.359. The Balaban J connectivity index is 1.48. The highest BCUT2D eigenvalue weighted by Gasteiger charge is 2.15. The van der Waals surface area contributed by atoms with E-state index < -0.39 is 0 Å². The molecule has 0 aliphatic heterocycles. The van der Waals surface area contributed by atoms with Crippen LogP contribution in [0.2, 0.25) is 0 Å². The van der Waals surface area contributed by atoms with Crippen LogP contribution in [-0.2, 0) is 41.8 Å². The number of hydrogen-bond donors (Lipinski definition) is 0. The maximum Gasteiger partial charge on any atom is 0.306 e. The first kappa shape index (κ1) is 58.9. The molecule has 0 saturated heterocycles. The first-order chi connectivity index (χ1) is 32.8. The molecule has 374 valence electrons. The van der Waals surface area contributed by atoms with Crippen LogP contribution in [0.5, 0.6) is 0 Å². The van der Waals surface area contributed by atoms with Crippen molar-refractivity contribution >= 4 is 17.9 Å². The SMILES string of the molecule is CC(CCCC(=O)OC(CCCCCCCC/C=C\C/C=C\CCCCC(=O)OCc1ccccc1)CCCCCCCC/C=C\C/C=C\CCCCC(=O)OCc1ccccc1)CN(C)C. The Morgan fingerprint density at radius 1 is 0.448 bits per heavy atom. The highest BCUT2D eigenvalue weighted by molar-refractivity contribution is 5.70. The van der Waals surface area contributed by atoms with Gasteiger partial charge in [-0.05, 0) is 147 Å². The van der Waals surface area contributed by atoms with Gasteiger partial charge in [-0.3, -0.25) is 14.4 Å². The second kappa shape index (κ2) is 43.1. The molecular formula is C60H93NO6. The molecule has 0 spiro atoms. The molecule has 0 N–H and O–H groups in total. The summed E-state index contributed by atoms with van der Waals surface area (Å²) in [4.78, 5) is 39.0. The molecule has 67 heavy (non-hydrogen) atoms. The fourth-order valence-electron chi connectivity index (χ4n) is 8.20. The molecule has 2 rings (SSSR count). The van der Waals surface area contributed by atoms with Gasteiger partial charge in [0.1, 0.15) is 19.3 Å². The van der Waals surface area contributed by atoms with Crippen molar-refractivity contribution < 1.29 is 28.6 Å². The van der Waals surface area contributed by atoms with Crippen LogP contribution in [0.25, 0.3) is 0 Å². The molecule has 0 aromatic heterocycles. The summed E-state index contributed by atoms with van der Waals surface area (Å²) in [5.41, 5.74) is 2.05.